The zero-order valence-electron chi connectivity index (χ0n) is 19.6. The van der Waals surface area contributed by atoms with Gasteiger partial charge in [0, 0.05) is 40.8 Å². The van der Waals surface area contributed by atoms with Crippen LogP contribution in [0, 0.1) is 22.0 Å². The van der Waals surface area contributed by atoms with Gasteiger partial charge in [0.25, 0.3) is 5.69 Å². The summed E-state index contributed by atoms with van der Waals surface area (Å²) in [5, 5.41) is 14.3. The van der Waals surface area contributed by atoms with Gasteiger partial charge >= 0.3 is 11.9 Å². The van der Waals surface area contributed by atoms with Crippen LogP contribution in [0.2, 0.25) is 0 Å². The predicted molar refractivity (Wildman–Crippen MR) is 127 cm³/mol. The molecule has 1 aromatic carbocycles. The molecule has 9 nitrogen and oxygen atoms in total. The molecule has 3 atom stereocenters. The van der Waals surface area contributed by atoms with E-state index in [0.717, 1.165) is 5.75 Å². The number of ketones is 1. The molecule has 0 amide bonds. The van der Waals surface area contributed by atoms with Crippen LogP contribution in [-0.2, 0) is 23.9 Å². The molecule has 2 aliphatic rings. The number of rotatable bonds is 8. The monoisotopic (exact) mass is 488 g/mol. The third-order valence-corrected chi connectivity index (χ3v) is 6.93. The second kappa shape index (κ2) is 10.9. The second-order valence-electron chi connectivity index (χ2n) is 8.22. The molecule has 34 heavy (non-hydrogen) atoms. The quantitative estimate of drug-likeness (QED) is 0.192. The number of benzene rings is 1. The van der Waals surface area contributed by atoms with Crippen molar-refractivity contribution in [1.29, 1.82) is 0 Å². The Bertz CT molecular complexity index is 1060. The molecular weight excluding hydrogens is 460 g/mol. The number of non-ortho nitro benzene ring substituents is 1. The van der Waals surface area contributed by atoms with Gasteiger partial charge in [0.05, 0.1) is 17.6 Å². The third kappa shape index (κ3) is 5.01. The minimum Gasteiger partial charge on any atom is -0.468 e. The molecule has 182 valence electrons. The van der Waals surface area contributed by atoms with E-state index >= 15 is 0 Å². The Kier molecular flexibility index (Phi) is 8.14. The molecule has 3 rings (SSSR count). The number of nitrogens with one attached hydrogen (secondary N) is 1. The summed E-state index contributed by atoms with van der Waals surface area (Å²) >= 11 is 1.64. The number of hydrogen-bond acceptors (Lipinski definition) is 9. The highest BCUT2D eigenvalue weighted by atomic mass is 32.2. The van der Waals surface area contributed by atoms with Crippen molar-refractivity contribution in [2.24, 2.45) is 11.8 Å². The highest BCUT2D eigenvalue weighted by molar-refractivity contribution is 7.99. The number of ether oxygens (including phenoxy) is 2. The molecule has 0 saturated heterocycles. The molecule has 1 aromatic rings. The second-order valence-corrected chi connectivity index (χ2v) is 9.61. The summed E-state index contributed by atoms with van der Waals surface area (Å²) < 4.78 is 10.4. The number of nitro benzene ring substituents is 1. The lowest BCUT2D eigenvalue weighted by atomic mass is 9.69. The SMILES string of the molecule is CCSCCOC(=O)C1=C(C)NC2=C(C(=O)[C@@H](C(=O)OC)[C@H](C)C2)[C@@H]1c1ccc([N+](=O)[O-])cc1. The van der Waals surface area contributed by atoms with E-state index < -0.39 is 34.5 Å². The number of esters is 2. The Hall–Kier alpha value is -3.14. The fourth-order valence-electron chi connectivity index (χ4n) is 4.49. The molecule has 0 saturated carbocycles. The number of nitro groups is 1. The van der Waals surface area contributed by atoms with Crippen molar-refractivity contribution in [2.45, 2.75) is 33.1 Å². The summed E-state index contributed by atoms with van der Waals surface area (Å²) in [6.07, 6.45) is 0.414. The van der Waals surface area contributed by atoms with Gasteiger partial charge in [-0.05, 0) is 30.6 Å². The van der Waals surface area contributed by atoms with Crippen LogP contribution in [0.25, 0.3) is 0 Å². The van der Waals surface area contributed by atoms with Crippen LogP contribution in [0.15, 0.2) is 46.8 Å². The van der Waals surface area contributed by atoms with E-state index in [1.54, 1.807) is 25.6 Å². The van der Waals surface area contributed by atoms with Crippen LogP contribution in [0.4, 0.5) is 5.69 Å². The first-order valence-electron chi connectivity index (χ1n) is 11.0. The summed E-state index contributed by atoms with van der Waals surface area (Å²) in [6.45, 7) is 5.76. The molecule has 1 N–H and O–H groups in total. The summed E-state index contributed by atoms with van der Waals surface area (Å²) in [5.74, 6) is -2.20. The van der Waals surface area contributed by atoms with Crippen LogP contribution in [0.5, 0.6) is 0 Å². The van der Waals surface area contributed by atoms with Crippen LogP contribution < -0.4 is 5.32 Å². The molecule has 0 bridgehead atoms. The van der Waals surface area contributed by atoms with Gasteiger partial charge in [0.2, 0.25) is 0 Å². The van der Waals surface area contributed by atoms with Gasteiger partial charge in [-0.1, -0.05) is 26.0 Å². The third-order valence-electron chi connectivity index (χ3n) is 6.07. The Morgan fingerprint density at radius 3 is 2.53 bits per heavy atom. The maximum absolute atomic E-state index is 13.6. The van der Waals surface area contributed by atoms with Gasteiger partial charge in [-0.2, -0.15) is 11.8 Å². The maximum Gasteiger partial charge on any atom is 0.336 e. The van der Waals surface area contributed by atoms with Crippen LogP contribution in [-0.4, -0.2) is 47.9 Å². The van der Waals surface area contributed by atoms with Gasteiger partial charge in [-0.3, -0.25) is 19.7 Å². The standard InChI is InChI=1S/C24H28N2O7S/c1-5-34-11-10-33-24(29)19-14(3)25-17-12-13(2)18(23(28)32-4)22(27)21(17)20(19)15-6-8-16(9-7-15)26(30)31/h6-9,13,18,20,25H,5,10-12H2,1-4H3/t13-,18+,20-/m1/s1. The number of nitrogens with zero attached hydrogens (tertiary/aromatic N) is 1. The van der Waals surface area contributed by atoms with Crippen molar-refractivity contribution >= 4 is 35.2 Å². The fourth-order valence-corrected chi connectivity index (χ4v) is 4.98. The molecule has 0 fully saturated rings. The molecule has 1 aliphatic carbocycles. The molecule has 0 aromatic heterocycles. The summed E-state index contributed by atoms with van der Waals surface area (Å²) in [5.41, 5.74) is 2.15. The largest absolute Gasteiger partial charge is 0.468 e. The van der Waals surface area contributed by atoms with Crippen molar-refractivity contribution in [3.63, 3.8) is 0 Å². The lowest BCUT2D eigenvalue weighted by Crippen LogP contribution is -2.43. The zero-order chi connectivity index (χ0) is 25.0. The Labute approximate surface area is 202 Å². The highest BCUT2D eigenvalue weighted by Gasteiger charge is 2.47. The predicted octanol–water partition coefficient (Wildman–Crippen LogP) is 3.50. The van der Waals surface area contributed by atoms with E-state index in [2.05, 4.69) is 5.32 Å². The molecule has 1 aliphatic heterocycles. The molecule has 0 spiro atoms. The number of methoxy groups -OCH3 is 1. The number of thioether (sulfide) groups is 1. The van der Waals surface area contributed by atoms with E-state index in [9.17, 15) is 24.5 Å². The number of carbonyl (C=O) groups excluding carboxylic acids is 3. The summed E-state index contributed by atoms with van der Waals surface area (Å²) in [6, 6.07) is 5.73. The van der Waals surface area contributed by atoms with E-state index in [1.807, 2.05) is 6.92 Å². The Morgan fingerprint density at radius 2 is 1.94 bits per heavy atom. The van der Waals surface area contributed by atoms with Crippen LogP contribution in [0.3, 0.4) is 0 Å². The topological polar surface area (TPSA) is 125 Å². The van der Waals surface area contributed by atoms with Crippen molar-refractivity contribution < 1.29 is 28.8 Å². The van der Waals surface area contributed by atoms with Crippen LogP contribution >= 0.6 is 11.8 Å². The maximum atomic E-state index is 13.6. The number of allylic oxidation sites excluding steroid dienone is 3. The number of Topliss-reactive ketones (excluding diaryl/α,β-unsaturated/α-hetero) is 1. The lowest BCUT2D eigenvalue weighted by molar-refractivity contribution is -0.384. The summed E-state index contributed by atoms with van der Waals surface area (Å²) in [7, 11) is 1.24. The van der Waals surface area contributed by atoms with Gasteiger partial charge in [0.1, 0.15) is 12.5 Å². The fraction of sp³-hybridized carbons (Fsp3) is 0.458. The van der Waals surface area contributed by atoms with Gasteiger partial charge < -0.3 is 14.8 Å². The first-order chi connectivity index (χ1) is 16.2. The summed E-state index contributed by atoms with van der Waals surface area (Å²) in [4.78, 5) is 49.9. The molecular formula is C24H28N2O7S. The molecule has 10 heteroatoms. The van der Waals surface area contributed by atoms with E-state index in [0.29, 0.717) is 34.7 Å². The molecule has 1 heterocycles. The zero-order valence-corrected chi connectivity index (χ0v) is 20.4. The van der Waals surface area contributed by atoms with Crippen molar-refractivity contribution in [3.05, 3.63) is 62.5 Å². The molecule has 0 unspecified atom stereocenters. The normalized spacial score (nSPS) is 22.1. The highest BCUT2D eigenvalue weighted by Crippen LogP contribution is 2.45. The van der Waals surface area contributed by atoms with Crippen molar-refractivity contribution in [1.82, 2.24) is 5.32 Å². The Balaban J connectivity index is 2.08. The first kappa shape index (κ1) is 25.5. The van der Waals surface area contributed by atoms with Crippen LogP contribution in [0.1, 0.15) is 38.7 Å². The average Bonchev–Trinajstić information content (AvgIpc) is 2.80. The van der Waals surface area contributed by atoms with Gasteiger partial charge in [-0.15, -0.1) is 0 Å². The van der Waals surface area contributed by atoms with Crippen molar-refractivity contribution in [3.8, 4) is 0 Å². The number of hydrogen-bond donors (Lipinski definition) is 1. The first-order valence-corrected chi connectivity index (χ1v) is 12.2. The minimum atomic E-state index is -0.997. The number of dihydropyridines is 1. The van der Waals surface area contributed by atoms with Gasteiger partial charge in [-0.25, -0.2) is 4.79 Å². The van der Waals surface area contributed by atoms with E-state index in [-0.39, 0.29) is 23.8 Å². The van der Waals surface area contributed by atoms with Crippen molar-refractivity contribution in [2.75, 3.05) is 25.2 Å². The van der Waals surface area contributed by atoms with E-state index in [1.165, 1.54) is 31.4 Å². The van der Waals surface area contributed by atoms with Gasteiger partial charge in [0.15, 0.2) is 5.78 Å². The lowest BCUT2D eigenvalue weighted by Gasteiger charge is -2.38. The molecule has 0 radical (unpaired) electrons. The minimum absolute atomic E-state index is 0.107. The smallest absolute Gasteiger partial charge is 0.336 e. The number of carbonyl (C=O) groups is 3. The van der Waals surface area contributed by atoms with E-state index in [4.69, 9.17) is 9.47 Å². The average molecular weight is 489 g/mol. The Morgan fingerprint density at radius 1 is 1.26 bits per heavy atom.